The van der Waals surface area contributed by atoms with E-state index in [1.54, 1.807) is 30.3 Å². The van der Waals surface area contributed by atoms with Crippen LogP contribution in [0.4, 0.5) is 0 Å². The third-order valence-electron chi connectivity index (χ3n) is 1.98. The second-order valence-corrected chi connectivity index (χ2v) is 3.07. The quantitative estimate of drug-likeness (QED) is 0.566. The number of para-hydroxylation sites is 1. The van der Waals surface area contributed by atoms with E-state index in [9.17, 15) is 0 Å². The van der Waals surface area contributed by atoms with Gasteiger partial charge in [-0.2, -0.15) is 0 Å². The number of aromatic hydroxyl groups is 2. The molecule has 1 aromatic rings. The van der Waals surface area contributed by atoms with E-state index in [1.807, 2.05) is 18.2 Å². The number of hydrogen-bond acceptors (Lipinski definition) is 2. The Balaban J connectivity index is 0.000000107. The van der Waals surface area contributed by atoms with Crippen molar-refractivity contribution in [1.82, 2.24) is 0 Å². The summed E-state index contributed by atoms with van der Waals surface area (Å²) in [6.45, 7) is 0. The van der Waals surface area contributed by atoms with E-state index in [4.69, 9.17) is 10.2 Å². The molecule has 0 heterocycles. The SMILES string of the molecule is Oc1ccc2cc1-2.Oc1ccccc1. The Morgan fingerprint density at radius 3 is 1.71 bits per heavy atom. The fraction of sp³-hybridized carbons (Fsp3) is 0. The lowest BCUT2D eigenvalue weighted by Crippen LogP contribution is -1.56. The van der Waals surface area contributed by atoms with Gasteiger partial charge in [0.2, 0.25) is 0 Å². The minimum Gasteiger partial charge on any atom is -0.508 e. The monoisotopic (exact) mass is 186 g/mol. The Morgan fingerprint density at radius 2 is 1.50 bits per heavy atom. The molecule has 0 bridgehead atoms. The average Bonchev–Trinajstić information content (AvgIpc) is 2.89. The Kier molecular flexibility index (Phi) is 2.11. The lowest BCUT2D eigenvalue weighted by Gasteiger charge is -1.82. The summed E-state index contributed by atoms with van der Waals surface area (Å²) < 4.78 is 0. The summed E-state index contributed by atoms with van der Waals surface area (Å²) in [4.78, 5) is 0. The number of hydrogen-bond donors (Lipinski definition) is 2. The molecular formula is C12H10O2. The minimum absolute atomic E-state index is 0.322. The van der Waals surface area contributed by atoms with Crippen molar-refractivity contribution >= 4 is 0 Å². The lowest BCUT2D eigenvalue weighted by molar-refractivity contribution is 0.475. The molecule has 0 spiro atoms. The van der Waals surface area contributed by atoms with Crippen molar-refractivity contribution in [3.8, 4) is 22.6 Å². The zero-order chi connectivity index (χ0) is 9.97. The molecule has 3 rings (SSSR count). The summed E-state index contributed by atoms with van der Waals surface area (Å²) in [6.07, 6.45) is 0. The zero-order valence-corrected chi connectivity index (χ0v) is 7.51. The van der Waals surface area contributed by atoms with Crippen LogP contribution < -0.4 is 0 Å². The molecule has 14 heavy (non-hydrogen) atoms. The van der Waals surface area contributed by atoms with Gasteiger partial charge in [-0.1, -0.05) is 24.3 Å². The van der Waals surface area contributed by atoms with Crippen LogP contribution in [0.15, 0.2) is 48.5 Å². The molecule has 0 fully saturated rings. The summed E-state index contributed by atoms with van der Waals surface area (Å²) in [5.74, 6) is 0.748. The van der Waals surface area contributed by atoms with Crippen molar-refractivity contribution in [2.75, 3.05) is 0 Å². The second kappa shape index (κ2) is 3.42. The normalized spacial score (nSPS) is 10.0. The lowest BCUT2D eigenvalue weighted by atomic mass is 10.3. The van der Waals surface area contributed by atoms with Gasteiger partial charge in [0.05, 0.1) is 0 Å². The van der Waals surface area contributed by atoms with Crippen molar-refractivity contribution in [1.29, 1.82) is 0 Å². The summed E-state index contributed by atoms with van der Waals surface area (Å²) in [7, 11) is 0. The van der Waals surface area contributed by atoms with Crippen molar-refractivity contribution in [2.45, 2.75) is 0 Å². The molecular weight excluding hydrogens is 176 g/mol. The molecule has 2 heteroatoms. The Bertz CT molecular complexity index is 435. The topological polar surface area (TPSA) is 40.5 Å². The third-order valence-corrected chi connectivity index (χ3v) is 1.98. The second-order valence-electron chi connectivity index (χ2n) is 3.07. The van der Waals surface area contributed by atoms with Gasteiger partial charge in [-0.25, -0.2) is 0 Å². The molecule has 0 atom stereocenters. The van der Waals surface area contributed by atoms with Gasteiger partial charge >= 0.3 is 0 Å². The number of rotatable bonds is 0. The largest absolute Gasteiger partial charge is 0.508 e. The van der Waals surface area contributed by atoms with E-state index in [-0.39, 0.29) is 0 Å². The highest BCUT2D eigenvalue weighted by Crippen LogP contribution is 2.42. The van der Waals surface area contributed by atoms with Crippen LogP contribution in [0.5, 0.6) is 11.5 Å². The Labute approximate surface area is 82.1 Å². The molecule has 0 saturated carbocycles. The van der Waals surface area contributed by atoms with Gasteiger partial charge in [0.15, 0.2) is 0 Å². The average molecular weight is 186 g/mol. The summed E-state index contributed by atoms with van der Waals surface area (Å²) >= 11 is 0. The van der Waals surface area contributed by atoms with Gasteiger partial charge in [0.1, 0.15) is 11.5 Å². The molecule has 1 aromatic carbocycles. The van der Waals surface area contributed by atoms with Gasteiger partial charge in [0.25, 0.3) is 0 Å². The summed E-state index contributed by atoms with van der Waals surface area (Å²) in [6, 6.07) is 14.3. The van der Waals surface area contributed by atoms with Crippen LogP contribution in [-0.4, -0.2) is 10.2 Å². The molecule has 0 aliphatic heterocycles. The van der Waals surface area contributed by atoms with Gasteiger partial charge < -0.3 is 10.2 Å². The van der Waals surface area contributed by atoms with Crippen molar-refractivity contribution in [3.63, 3.8) is 0 Å². The van der Waals surface area contributed by atoms with Crippen LogP contribution >= 0.6 is 0 Å². The number of phenols is 2. The van der Waals surface area contributed by atoms with Gasteiger partial charge in [-0.3, -0.25) is 0 Å². The van der Waals surface area contributed by atoms with Crippen LogP contribution in [0.3, 0.4) is 0 Å². The molecule has 2 N–H and O–H groups in total. The Morgan fingerprint density at radius 1 is 0.786 bits per heavy atom. The van der Waals surface area contributed by atoms with Crippen molar-refractivity contribution in [2.24, 2.45) is 0 Å². The first-order chi connectivity index (χ1) is 6.77. The first-order valence-corrected chi connectivity index (χ1v) is 4.35. The highest BCUT2D eigenvalue weighted by Gasteiger charge is 2.15. The van der Waals surface area contributed by atoms with Gasteiger partial charge in [-0.15, -0.1) is 0 Å². The van der Waals surface area contributed by atoms with Crippen LogP contribution in [0, 0.1) is 0 Å². The maximum atomic E-state index is 8.78. The van der Waals surface area contributed by atoms with Crippen LogP contribution in [-0.2, 0) is 0 Å². The molecule has 0 radical (unpaired) electrons. The fourth-order valence-electron chi connectivity index (χ4n) is 1.17. The van der Waals surface area contributed by atoms with Gasteiger partial charge in [-0.05, 0) is 29.8 Å². The van der Waals surface area contributed by atoms with E-state index in [1.165, 1.54) is 5.56 Å². The number of phenolic OH excluding ortho intramolecular Hbond substituents is 2. The Hall–Kier alpha value is -1.96. The maximum absolute atomic E-state index is 8.78. The van der Waals surface area contributed by atoms with Crippen LogP contribution in [0.2, 0.25) is 0 Å². The van der Waals surface area contributed by atoms with Crippen LogP contribution in [0.1, 0.15) is 0 Å². The standard InChI is InChI=1S/C6H4O.C6H6O/c7-6-2-1-4-3-5(4)6;7-6-4-2-1-3-5-6/h1-3,7H;1-5,7H. The van der Waals surface area contributed by atoms with Crippen LogP contribution in [0.25, 0.3) is 11.1 Å². The smallest absolute Gasteiger partial charge is 0.123 e. The van der Waals surface area contributed by atoms with E-state index < -0.39 is 0 Å². The molecule has 0 unspecified atom stereocenters. The third kappa shape index (κ3) is 1.85. The van der Waals surface area contributed by atoms with E-state index in [0.29, 0.717) is 11.5 Å². The predicted molar refractivity (Wildman–Crippen MR) is 55.2 cm³/mol. The van der Waals surface area contributed by atoms with Crippen molar-refractivity contribution < 1.29 is 10.2 Å². The first kappa shape index (κ1) is 8.63. The first-order valence-electron chi connectivity index (χ1n) is 4.35. The van der Waals surface area contributed by atoms with Gasteiger partial charge in [0, 0.05) is 5.56 Å². The summed E-state index contributed by atoms with van der Waals surface area (Å²) in [5, 5.41) is 17.4. The molecule has 70 valence electrons. The van der Waals surface area contributed by atoms with Crippen molar-refractivity contribution in [3.05, 3.63) is 48.5 Å². The molecule has 2 aliphatic carbocycles. The van der Waals surface area contributed by atoms with E-state index in [2.05, 4.69) is 0 Å². The highest BCUT2D eigenvalue weighted by atomic mass is 16.3. The van der Waals surface area contributed by atoms with E-state index >= 15 is 0 Å². The highest BCUT2D eigenvalue weighted by molar-refractivity contribution is 5.86. The zero-order valence-electron chi connectivity index (χ0n) is 7.51. The van der Waals surface area contributed by atoms with E-state index in [0.717, 1.165) is 5.56 Å². The molecule has 0 amide bonds. The number of fused-ring (bicyclic) bond motifs is 1. The predicted octanol–water partition coefficient (Wildman–Crippen LogP) is 2.76. The molecule has 0 aromatic heterocycles. The molecule has 2 nitrogen and oxygen atoms in total. The summed E-state index contributed by atoms with van der Waals surface area (Å²) in [5.41, 5.74) is 2.22. The molecule has 0 saturated heterocycles. The molecule has 2 aliphatic rings. The minimum atomic E-state index is 0.322. The maximum Gasteiger partial charge on any atom is 0.123 e. The number of benzene rings is 2. The fourth-order valence-corrected chi connectivity index (χ4v) is 1.17.